The lowest BCUT2D eigenvalue weighted by Gasteiger charge is -2.25. The molecule has 0 rings (SSSR count). The van der Waals surface area contributed by atoms with Crippen LogP contribution in [-0.4, -0.2) is 70.3 Å². The van der Waals surface area contributed by atoms with Gasteiger partial charge in [0.15, 0.2) is 0 Å². The Morgan fingerprint density at radius 2 is 1.68 bits per heavy atom. The Balaban J connectivity index is 4.97. The van der Waals surface area contributed by atoms with E-state index in [4.69, 9.17) is 15.9 Å². The van der Waals surface area contributed by atoms with Gasteiger partial charge in [0.25, 0.3) is 0 Å². The van der Waals surface area contributed by atoms with Crippen LogP contribution in [0.2, 0.25) is 0 Å². The van der Waals surface area contributed by atoms with Gasteiger partial charge in [0.05, 0.1) is 12.6 Å². The summed E-state index contributed by atoms with van der Waals surface area (Å²) in [4.78, 5) is 58.0. The Kier molecular flexibility index (Phi) is 11.9. The monoisotopic (exact) mass is 420 g/mol. The highest BCUT2D eigenvalue weighted by atomic mass is 32.1. The lowest BCUT2D eigenvalue weighted by Crippen LogP contribution is -2.56. The Hall–Kier alpha value is -2.34. The third-order valence-electron chi connectivity index (χ3n) is 4.03. The van der Waals surface area contributed by atoms with Crippen molar-refractivity contribution in [3.8, 4) is 0 Å². The fraction of sp³-hybridized carbons (Fsp3) is 0.688. The number of hydrogen-bond donors (Lipinski definition) is 7. The van der Waals surface area contributed by atoms with Gasteiger partial charge in [-0.25, -0.2) is 4.79 Å². The zero-order valence-corrected chi connectivity index (χ0v) is 16.7. The van der Waals surface area contributed by atoms with Crippen molar-refractivity contribution in [1.29, 1.82) is 0 Å². The van der Waals surface area contributed by atoms with Crippen molar-refractivity contribution >= 4 is 42.3 Å². The molecule has 4 unspecified atom stereocenters. The topological polar surface area (TPSA) is 188 Å². The quantitative estimate of drug-likeness (QED) is 0.172. The number of rotatable bonds is 13. The molecular weight excluding hydrogens is 392 g/mol. The molecule has 0 bridgehead atoms. The number of amides is 3. The zero-order chi connectivity index (χ0) is 21.9. The fourth-order valence-electron chi connectivity index (χ4n) is 2.09. The van der Waals surface area contributed by atoms with Gasteiger partial charge in [-0.15, -0.1) is 0 Å². The lowest BCUT2D eigenvalue weighted by atomic mass is 9.97. The average Bonchev–Trinajstić information content (AvgIpc) is 2.65. The Labute approximate surface area is 168 Å². The molecule has 0 saturated carbocycles. The van der Waals surface area contributed by atoms with E-state index in [2.05, 4.69) is 28.6 Å². The van der Waals surface area contributed by atoms with Gasteiger partial charge in [-0.3, -0.25) is 19.2 Å². The van der Waals surface area contributed by atoms with Crippen molar-refractivity contribution in [3.63, 3.8) is 0 Å². The standard InChI is InChI=1S/C16H28N4O7S/c1-3-8(2)13(20-11(21)6-18-14(24)9(17)7-28)15(25)19-10(16(26)27)4-5-12(22)23/h8-10,13,28H,3-7,17H2,1-2H3,(H,18,24)(H,19,25)(H,20,21)(H,22,23)(H,26,27). The van der Waals surface area contributed by atoms with E-state index in [0.29, 0.717) is 6.42 Å². The molecule has 0 aliphatic carbocycles. The predicted octanol–water partition coefficient (Wildman–Crippen LogP) is -1.68. The molecule has 0 spiro atoms. The van der Waals surface area contributed by atoms with Gasteiger partial charge in [0, 0.05) is 12.2 Å². The number of carboxylic acids is 2. The Bertz CT molecular complexity index is 587. The minimum atomic E-state index is -1.40. The summed E-state index contributed by atoms with van der Waals surface area (Å²) in [6.07, 6.45) is -0.230. The molecule has 0 fully saturated rings. The number of carboxylic acid groups (broad SMARTS) is 2. The van der Waals surface area contributed by atoms with Crippen LogP contribution in [-0.2, 0) is 24.0 Å². The minimum Gasteiger partial charge on any atom is -0.481 e. The molecule has 0 heterocycles. The van der Waals surface area contributed by atoms with Gasteiger partial charge >= 0.3 is 11.9 Å². The number of hydrogen-bond acceptors (Lipinski definition) is 7. The lowest BCUT2D eigenvalue weighted by molar-refractivity contribution is -0.143. The fourth-order valence-corrected chi connectivity index (χ4v) is 2.26. The summed E-state index contributed by atoms with van der Waals surface area (Å²) in [6, 6.07) is -3.34. The molecule has 7 N–H and O–H groups in total. The van der Waals surface area contributed by atoms with Gasteiger partial charge in [0.2, 0.25) is 17.7 Å². The summed E-state index contributed by atoms with van der Waals surface area (Å²) in [5.74, 6) is -4.79. The van der Waals surface area contributed by atoms with Crippen LogP contribution in [0.1, 0.15) is 33.1 Å². The number of aliphatic carboxylic acids is 2. The van der Waals surface area contributed by atoms with Crippen molar-refractivity contribution in [2.24, 2.45) is 11.7 Å². The smallest absolute Gasteiger partial charge is 0.326 e. The first-order valence-electron chi connectivity index (χ1n) is 8.71. The summed E-state index contributed by atoms with van der Waals surface area (Å²) < 4.78 is 0. The van der Waals surface area contributed by atoms with Crippen LogP contribution in [0.5, 0.6) is 0 Å². The van der Waals surface area contributed by atoms with E-state index in [1.807, 2.05) is 0 Å². The molecule has 12 heteroatoms. The van der Waals surface area contributed by atoms with Gasteiger partial charge in [-0.2, -0.15) is 12.6 Å². The highest BCUT2D eigenvalue weighted by Crippen LogP contribution is 2.09. The maximum absolute atomic E-state index is 12.5. The molecule has 0 aromatic carbocycles. The number of thiol groups is 1. The third-order valence-corrected chi connectivity index (χ3v) is 4.42. The number of nitrogens with one attached hydrogen (secondary N) is 3. The van der Waals surface area contributed by atoms with Gasteiger partial charge < -0.3 is 31.9 Å². The predicted molar refractivity (Wildman–Crippen MR) is 103 cm³/mol. The van der Waals surface area contributed by atoms with Gasteiger partial charge in [-0.1, -0.05) is 20.3 Å². The van der Waals surface area contributed by atoms with Crippen LogP contribution in [0.15, 0.2) is 0 Å². The molecule has 3 amide bonds. The molecular formula is C16H28N4O7S. The molecule has 0 aromatic heterocycles. The van der Waals surface area contributed by atoms with Crippen LogP contribution in [0, 0.1) is 5.92 Å². The second-order valence-corrected chi connectivity index (χ2v) is 6.63. The average molecular weight is 420 g/mol. The van der Waals surface area contributed by atoms with Crippen LogP contribution >= 0.6 is 12.6 Å². The van der Waals surface area contributed by atoms with E-state index in [-0.39, 0.29) is 18.1 Å². The first kappa shape index (κ1) is 25.7. The Morgan fingerprint density at radius 3 is 2.14 bits per heavy atom. The molecule has 0 aromatic rings. The van der Waals surface area contributed by atoms with Gasteiger partial charge in [-0.05, 0) is 12.3 Å². The summed E-state index contributed by atoms with van der Waals surface area (Å²) in [6.45, 7) is 3.05. The van der Waals surface area contributed by atoms with Crippen LogP contribution < -0.4 is 21.7 Å². The molecule has 0 aliphatic heterocycles. The van der Waals surface area contributed by atoms with Crippen molar-refractivity contribution in [2.45, 2.75) is 51.2 Å². The van der Waals surface area contributed by atoms with Crippen molar-refractivity contribution in [2.75, 3.05) is 12.3 Å². The van der Waals surface area contributed by atoms with E-state index in [0.717, 1.165) is 0 Å². The maximum atomic E-state index is 12.5. The largest absolute Gasteiger partial charge is 0.481 e. The molecule has 0 aliphatic rings. The third kappa shape index (κ3) is 9.55. The maximum Gasteiger partial charge on any atom is 0.326 e. The molecule has 4 atom stereocenters. The molecule has 11 nitrogen and oxygen atoms in total. The second kappa shape index (κ2) is 12.9. The van der Waals surface area contributed by atoms with E-state index in [9.17, 15) is 24.0 Å². The minimum absolute atomic E-state index is 0.0955. The molecule has 0 saturated heterocycles. The number of carbonyl (C=O) groups excluding carboxylic acids is 3. The summed E-state index contributed by atoms with van der Waals surface area (Å²) >= 11 is 3.88. The van der Waals surface area contributed by atoms with Crippen LogP contribution in [0.25, 0.3) is 0 Å². The first-order chi connectivity index (χ1) is 13.0. The van der Waals surface area contributed by atoms with E-state index in [1.165, 1.54) is 0 Å². The van der Waals surface area contributed by atoms with E-state index in [1.54, 1.807) is 13.8 Å². The van der Waals surface area contributed by atoms with E-state index >= 15 is 0 Å². The molecule has 0 radical (unpaired) electrons. The summed E-state index contributed by atoms with van der Waals surface area (Å²) in [5.41, 5.74) is 5.47. The van der Waals surface area contributed by atoms with Crippen molar-refractivity contribution in [3.05, 3.63) is 0 Å². The highest BCUT2D eigenvalue weighted by Gasteiger charge is 2.30. The summed E-state index contributed by atoms with van der Waals surface area (Å²) in [7, 11) is 0. The first-order valence-corrected chi connectivity index (χ1v) is 9.35. The SMILES string of the molecule is CCC(C)C(NC(=O)CNC(=O)C(N)CS)C(=O)NC(CCC(=O)O)C(=O)O. The van der Waals surface area contributed by atoms with Crippen LogP contribution in [0.4, 0.5) is 0 Å². The number of nitrogens with two attached hydrogens (primary N) is 1. The van der Waals surface area contributed by atoms with Crippen molar-refractivity contribution in [1.82, 2.24) is 16.0 Å². The number of carbonyl (C=O) groups is 5. The second-order valence-electron chi connectivity index (χ2n) is 6.27. The van der Waals surface area contributed by atoms with Crippen LogP contribution in [0.3, 0.4) is 0 Å². The molecule has 28 heavy (non-hydrogen) atoms. The van der Waals surface area contributed by atoms with E-state index < -0.39 is 60.8 Å². The summed E-state index contributed by atoms with van der Waals surface area (Å²) in [5, 5.41) is 24.9. The Morgan fingerprint density at radius 1 is 1.07 bits per heavy atom. The van der Waals surface area contributed by atoms with Gasteiger partial charge in [0.1, 0.15) is 12.1 Å². The normalized spacial score (nSPS) is 14.9. The van der Waals surface area contributed by atoms with Crippen molar-refractivity contribution < 1.29 is 34.2 Å². The molecule has 160 valence electrons. The zero-order valence-electron chi connectivity index (χ0n) is 15.8. The highest BCUT2D eigenvalue weighted by molar-refractivity contribution is 7.80.